The van der Waals surface area contributed by atoms with E-state index in [1.54, 1.807) is 0 Å². The normalized spacial score (nSPS) is 30.6. The molecule has 20 heavy (non-hydrogen) atoms. The second-order valence-electron chi connectivity index (χ2n) is 5.48. The Hall–Kier alpha value is -1.39. The maximum atomic E-state index is 11.4. The second-order valence-corrected chi connectivity index (χ2v) is 5.48. The molecule has 2 saturated heterocycles. The fraction of sp³-hybridized carbons (Fsp3) is 0.562. The highest BCUT2D eigenvalue weighted by molar-refractivity contribution is 5.66. The third-order valence-corrected chi connectivity index (χ3v) is 4.13. The molecule has 0 bridgehead atoms. The number of hydrogen-bond acceptors (Lipinski definition) is 4. The highest BCUT2D eigenvalue weighted by Gasteiger charge is 2.45. The summed E-state index contributed by atoms with van der Waals surface area (Å²) in [6, 6.07) is 9.91. The van der Waals surface area contributed by atoms with Gasteiger partial charge in [0.25, 0.3) is 0 Å². The molecule has 0 spiro atoms. The summed E-state index contributed by atoms with van der Waals surface area (Å²) in [6.07, 6.45) is 1.74. The molecule has 4 heteroatoms. The highest BCUT2D eigenvalue weighted by atomic mass is 16.7. The lowest BCUT2D eigenvalue weighted by Gasteiger charge is -2.31. The molecule has 3 rings (SSSR count). The molecule has 0 N–H and O–H groups in total. The quantitative estimate of drug-likeness (QED) is 0.796. The van der Waals surface area contributed by atoms with Crippen molar-refractivity contribution in [2.45, 2.75) is 32.2 Å². The van der Waals surface area contributed by atoms with Gasteiger partial charge in [-0.2, -0.15) is 0 Å². The molecule has 0 saturated carbocycles. The van der Waals surface area contributed by atoms with Crippen molar-refractivity contribution in [2.75, 3.05) is 13.2 Å². The zero-order valence-corrected chi connectivity index (χ0v) is 11.7. The van der Waals surface area contributed by atoms with E-state index in [-0.39, 0.29) is 24.3 Å². The summed E-state index contributed by atoms with van der Waals surface area (Å²) in [5, 5.41) is 0. The fourth-order valence-electron chi connectivity index (χ4n) is 3.23. The second kappa shape index (κ2) is 5.94. The van der Waals surface area contributed by atoms with E-state index in [1.165, 1.54) is 6.92 Å². The standard InChI is InChI=1S/C16H20O4/c1-11(17)20-15(12-6-3-2-4-7-12)14-10-19-16-13(14)8-5-9-18-16/h2-4,6-7,13-16H,5,8-10H2,1H3/t13-,14+,15+,16+/m0/s1. The third-order valence-electron chi connectivity index (χ3n) is 4.13. The monoisotopic (exact) mass is 276 g/mol. The molecular formula is C16H20O4. The van der Waals surface area contributed by atoms with Crippen LogP contribution in [0.4, 0.5) is 0 Å². The van der Waals surface area contributed by atoms with Gasteiger partial charge in [0.05, 0.1) is 6.61 Å². The van der Waals surface area contributed by atoms with Crippen LogP contribution in [-0.2, 0) is 19.0 Å². The lowest BCUT2D eigenvalue weighted by atomic mass is 9.82. The number of carbonyl (C=O) groups excluding carboxylic acids is 1. The SMILES string of the molecule is CC(=O)O[C@H](c1ccccc1)[C@@H]1CO[C@H]2OCCC[C@H]21. The van der Waals surface area contributed by atoms with Crippen LogP contribution in [-0.4, -0.2) is 25.5 Å². The molecule has 0 aromatic heterocycles. The van der Waals surface area contributed by atoms with Gasteiger partial charge >= 0.3 is 5.97 Å². The van der Waals surface area contributed by atoms with Crippen molar-refractivity contribution >= 4 is 5.97 Å². The largest absolute Gasteiger partial charge is 0.457 e. The number of rotatable bonds is 3. The summed E-state index contributed by atoms with van der Waals surface area (Å²) in [5.74, 6) is 0.235. The topological polar surface area (TPSA) is 44.8 Å². The Morgan fingerprint density at radius 1 is 1.30 bits per heavy atom. The smallest absolute Gasteiger partial charge is 0.303 e. The van der Waals surface area contributed by atoms with Gasteiger partial charge in [-0.15, -0.1) is 0 Å². The van der Waals surface area contributed by atoms with Gasteiger partial charge in [-0.1, -0.05) is 30.3 Å². The lowest BCUT2D eigenvalue weighted by molar-refractivity contribution is -0.157. The van der Waals surface area contributed by atoms with Gasteiger partial charge in [0.1, 0.15) is 6.10 Å². The zero-order valence-electron chi connectivity index (χ0n) is 11.7. The van der Waals surface area contributed by atoms with Crippen LogP contribution in [0.3, 0.4) is 0 Å². The summed E-state index contributed by atoms with van der Waals surface area (Å²) < 4.78 is 17.0. The molecule has 2 aliphatic heterocycles. The van der Waals surface area contributed by atoms with Crippen LogP contribution in [0.25, 0.3) is 0 Å². The van der Waals surface area contributed by atoms with Crippen molar-refractivity contribution in [3.05, 3.63) is 35.9 Å². The molecule has 4 nitrogen and oxygen atoms in total. The van der Waals surface area contributed by atoms with Gasteiger partial charge in [-0.25, -0.2) is 0 Å². The first kappa shape index (κ1) is 13.6. The lowest BCUT2D eigenvalue weighted by Crippen LogP contribution is -2.32. The van der Waals surface area contributed by atoms with E-state index in [2.05, 4.69) is 0 Å². The van der Waals surface area contributed by atoms with E-state index in [4.69, 9.17) is 14.2 Å². The first-order valence-corrected chi connectivity index (χ1v) is 7.21. The molecule has 1 aromatic carbocycles. The molecule has 0 aliphatic carbocycles. The summed E-state index contributed by atoms with van der Waals surface area (Å²) in [6.45, 7) is 2.81. The van der Waals surface area contributed by atoms with E-state index in [1.807, 2.05) is 30.3 Å². The molecule has 0 unspecified atom stereocenters. The van der Waals surface area contributed by atoms with Crippen molar-refractivity contribution in [1.82, 2.24) is 0 Å². The fourth-order valence-corrected chi connectivity index (χ4v) is 3.23. The molecule has 4 atom stereocenters. The Balaban J connectivity index is 1.84. The Bertz CT molecular complexity index is 459. The third kappa shape index (κ3) is 2.72. The molecule has 1 aromatic rings. The molecule has 2 heterocycles. The van der Waals surface area contributed by atoms with Crippen LogP contribution >= 0.6 is 0 Å². The van der Waals surface area contributed by atoms with Gasteiger partial charge in [0, 0.05) is 25.4 Å². The van der Waals surface area contributed by atoms with Gasteiger partial charge in [0.15, 0.2) is 6.29 Å². The minimum atomic E-state index is -0.251. The number of carbonyl (C=O) groups is 1. The number of ether oxygens (including phenoxy) is 3. The predicted molar refractivity (Wildman–Crippen MR) is 72.9 cm³/mol. The van der Waals surface area contributed by atoms with Gasteiger partial charge in [-0.3, -0.25) is 4.79 Å². The number of hydrogen-bond donors (Lipinski definition) is 0. The molecule has 0 radical (unpaired) electrons. The zero-order chi connectivity index (χ0) is 13.9. The average Bonchev–Trinajstić information content (AvgIpc) is 2.89. The van der Waals surface area contributed by atoms with Gasteiger partial charge in [0.2, 0.25) is 0 Å². The van der Waals surface area contributed by atoms with E-state index in [9.17, 15) is 4.79 Å². The Morgan fingerprint density at radius 2 is 2.10 bits per heavy atom. The molecule has 2 fully saturated rings. The number of esters is 1. The Morgan fingerprint density at radius 3 is 2.85 bits per heavy atom. The van der Waals surface area contributed by atoms with Crippen molar-refractivity contribution < 1.29 is 19.0 Å². The van der Waals surface area contributed by atoms with Crippen LogP contribution in [0.5, 0.6) is 0 Å². The summed E-state index contributed by atoms with van der Waals surface area (Å²) in [5.41, 5.74) is 1.03. The van der Waals surface area contributed by atoms with E-state index >= 15 is 0 Å². The molecular weight excluding hydrogens is 256 g/mol. The first-order chi connectivity index (χ1) is 9.75. The van der Waals surface area contributed by atoms with Crippen LogP contribution in [0, 0.1) is 11.8 Å². The minimum Gasteiger partial charge on any atom is -0.457 e. The van der Waals surface area contributed by atoms with Crippen molar-refractivity contribution in [2.24, 2.45) is 11.8 Å². The van der Waals surface area contributed by atoms with Crippen LogP contribution in [0.1, 0.15) is 31.4 Å². The van der Waals surface area contributed by atoms with E-state index in [0.717, 1.165) is 25.0 Å². The average molecular weight is 276 g/mol. The Kier molecular flexibility index (Phi) is 4.03. The van der Waals surface area contributed by atoms with Gasteiger partial charge in [-0.05, 0) is 18.4 Å². The predicted octanol–water partition coefficient (Wildman–Crippen LogP) is 2.69. The van der Waals surface area contributed by atoms with Crippen molar-refractivity contribution in [3.8, 4) is 0 Å². The number of benzene rings is 1. The van der Waals surface area contributed by atoms with Crippen LogP contribution < -0.4 is 0 Å². The highest BCUT2D eigenvalue weighted by Crippen LogP contribution is 2.43. The Labute approximate surface area is 119 Å². The van der Waals surface area contributed by atoms with E-state index < -0.39 is 0 Å². The maximum Gasteiger partial charge on any atom is 0.303 e. The molecule has 2 aliphatic rings. The van der Waals surface area contributed by atoms with Crippen LogP contribution in [0.2, 0.25) is 0 Å². The summed E-state index contributed by atoms with van der Waals surface area (Å²) in [4.78, 5) is 11.4. The van der Waals surface area contributed by atoms with Gasteiger partial charge < -0.3 is 14.2 Å². The van der Waals surface area contributed by atoms with Crippen molar-refractivity contribution in [1.29, 1.82) is 0 Å². The minimum absolute atomic E-state index is 0.129. The van der Waals surface area contributed by atoms with Crippen molar-refractivity contribution in [3.63, 3.8) is 0 Å². The summed E-state index contributed by atoms with van der Waals surface area (Å²) in [7, 11) is 0. The molecule has 108 valence electrons. The summed E-state index contributed by atoms with van der Waals surface area (Å²) >= 11 is 0. The molecule has 0 amide bonds. The number of fused-ring (bicyclic) bond motifs is 1. The van der Waals surface area contributed by atoms with Crippen LogP contribution in [0.15, 0.2) is 30.3 Å². The maximum absolute atomic E-state index is 11.4. The first-order valence-electron chi connectivity index (χ1n) is 7.21. The van der Waals surface area contributed by atoms with E-state index in [0.29, 0.717) is 12.5 Å².